The summed E-state index contributed by atoms with van der Waals surface area (Å²) in [7, 11) is 1.62. The van der Waals surface area contributed by atoms with E-state index < -0.39 is 5.60 Å². The Morgan fingerprint density at radius 3 is 2.73 bits per heavy atom. The third-order valence-corrected chi connectivity index (χ3v) is 5.17. The summed E-state index contributed by atoms with van der Waals surface area (Å²) < 4.78 is 10.9. The number of nitrogens with two attached hydrogens (primary N) is 1. The minimum Gasteiger partial charge on any atom is -0.507 e. The maximum absolute atomic E-state index is 12.6. The molecule has 1 aromatic heterocycles. The van der Waals surface area contributed by atoms with Crippen LogP contribution in [0.4, 0.5) is 10.6 Å². The van der Waals surface area contributed by atoms with Crippen LogP contribution < -0.4 is 5.73 Å². The summed E-state index contributed by atoms with van der Waals surface area (Å²) in [5, 5.41) is 10.3. The number of hydrogen-bond donors (Lipinski definition) is 2. The lowest BCUT2D eigenvalue weighted by Gasteiger charge is -2.35. The molecule has 1 fully saturated rings. The molecule has 0 saturated carbocycles. The van der Waals surface area contributed by atoms with Gasteiger partial charge in [-0.15, -0.1) is 0 Å². The summed E-state index contributed by atoms with van der Waals surface area (Å²) in [6.45, 7) is 7.13. The fourth-order valence-electron chi connectivity index (χ4n) is 3.83. The van der Waals surface area contributed by atoms with Gasteiger partial charge in [0.25, 0.3) is 0 Å². The standard InChI is InChI=1S/C23H31N3O4/c1-23(2,3)30-22(28)26-11-7-8-15(13-26)17-12-19(16-9-5-6-10-20(16)27)25-21(24)18(17)14-29-4/h5-6,9-10,12,15,27H,7-8,11,13-14H2,1-4H3,(H2,24,25). The molecule has 1 amide bonds. The monoisotopic (exact) mass is 413 g/mol. The summed E-state index contributed by atoms with van der Waals surface area (Å²) >= 11 is 0. The first kappa shape index (κ1) is 21.9. The fraction of sp³-hybridized carbons (Fsp3) is 0.478. The summed E-state index contributed by atoms with van der Waals surface area (Å²) in [6, 6.07) is 9.01. The second kappa shape index (κ2) is 8.92. The van der Waals surface area contributed by atoms with E-state index in [2.05, 4.69) is 4.98 Å². The molecule has 0 radical (unpaired) electrons. The number of aromatic hydroxyl groups is 1. The van der Waals surface area contributed by atoms with Crippen LogP contribution in [0, 0.1) is 0 Å². The van der Waals surface area contributed by atoms with Gasteiger partial charge in [0, 0.05) is 37.2 Å². The predicted octanol–water partition coefficient (Wildman–Crippen LogP) is 4.30. The summed E-state index contributed by atoms with van der Waals surface area (Å²) in [5.41, 5.74) is 8.81. The van der Waals surface area contributed by atoms with Crippen molar-refractivity contribution in [3.8, 4) is 17.0 Å². The molecule has 1 atom stereocenters. The van der Waals surface area contributed by atoms with Crippen molar-refractivity contribution in [2.45, 2.75) is 51.7 Å². The van der Waals surface area contributed by atoms with Crippen LogP contribution in [-0.2, 0) is 16.1 Å². The summed E-state index contributed by atoms with van der Waals surface area (Å²) in [6.07, 6.45) is 1.48. The van der Waals surface area contributed by atoms with E-state index in [1.54, 1.807) is 24.1 Å². The second-order valence-corrected chi connectivity index (χ2v) is 8.68. The molecule has 1 aromatic carbocycles. The lowest BCUT2D eigenvalue weighted by molar-refractivity contribution is 0.0197. The molecular formula is C23H31N3O4. The van der Waals surface area contributed by atoms with Crippen LogP contribution in [0.2, 0.25) is 0 Å². The molecule has 1 aliphatic heterocycles. The minimum atomic E-state index is -0.537. The number of likely N-dealkylation sites (tertiary alicyclic amines) is 1. The van der Waals surface area contributed by atoms with Crippen molar-refractivity contribution in [1.82, 2.24) is 9.88 Å². The van der Waals surface area contributed by atoms with Crippen molar-refractivity contribution in [2.24, 2.45) is 0 Å². The molecule has 3 rings (SSSR count). The van der Waals surface area contributed by atoms with E-state index in [0.29, 0.717) is 36.8 Å². The third kappa shape index (κ3) is 5.02. The number of rotatable bonds is 4. The number of aromatic nitrogens is 1. The van der Waals surface area contributed by atoms with Crippen LogP contribution in [-0.4, -0.2) is 46.9 Å². The number of hydrogen-bond acceptors (Lipinski definition) is 6. The molecule has 0 spiro atoms. The Bertz CT molecular complexity index is 908. The van der Waals surface area contributed by atoms with Crippen LogP contribution >= 0.6 is 0 Å². The number of carbonyl (C=O) groups is 1. The third-order valence-electron chi connectivity index (χ3n) is 5.17. The van der Waals surface area contributed by atoms with Crippen molar-refractivity contribution < 1.29 is 19.4 Å². The van der Waals surface area contributed by atoms with Crippen LogP contribution in [0.3, 0.4) is 0 Å². The molecule has 7 heteroatoms. The van der Waals surface area contributed by atoms with Gasteiger partial charge in [-0.25, -0.2) is 9.78 Å². The van der Waals surface area contributed by atoms with Gasteiger partial charge in [0.2, 0.25) is 0 Å². The highest BCUT2D eigenvalue weighted by Crippen LogP contribution is 2.36. The van der Waals surface area contributed by atoms with Gasteiger partial charge in [-0.05, 0) is 57.4 Å². The number of pyridine rings is 1. The van der Waals surface area contributed by atoms with Gasteiger partial charge in [-0.2, -0.15) is 0 Å². The average molecular weight is 414 g/mol. The van der Waals surface area contributed by atoms with Crippen molar-refractivity contribution in [1.29, 1.82) is 0 Å². The minimum absolute atomic E-state index is 0.0753. The first-order valence-electron chi connectivity index (χ1n) is 10.2. The number of para-hydroxylation sites is 1. The van der Waals surface area contributed by atoms with Crippen molar-refractivity contribution in [2.75, 3.05) is 25.9 Å². The molecule has 0 aliphatic carbocycles. The molecule has 1 aliphatic rings. The molecule has 1 unspecified atom stereocenters. The maximum Gasteiger partial charge on any atom is 0.410 e. The number of phenols is 1. The van der Waals surface area contributed by atoms with E-state index in [0.717, 1.165) is 24.0 Å². The number of phenolic OH excluding ortho intramolecular Hbond substituents is 1. The topological polar surface area (TPSA) is 97.9 Å². The van der Waals surface area contributed by atoms with Crippen molar-refractivity contribution in [3.05, 3.63) is 41.5 Å². The average Bonchev–Trinajstić information content (AvgIpc) is 2.68. The second-order valence-electron chi connectivity index (χ2n) is 8.68. The first-order valence-corrected chi connectivity index (χ1v) is 10.2. The van der Waals surface area contributed by atoms with Crippen molar-refractivity contribution >= 4 is 11.9 Å². The molecule has 0 bridgehead atoms. The Morgan fingerprint density at radius 1 is 1.33 bits per heavy atom. The number of ether oxygens (including phenoxy) is 2. The SMILES string of the molecule is COCc1c(C2CCCN(C(=O)OC(C)(C)C)C2)cc(-c2ccccc2O)nc1N. The number of piperidine rings is 1. The van der Waals surface area contributed by atoms with E-state index >= 15 is 0 Å². The van der Waals surface area contributed by atoms with Gasteiger partial charge in [0.1, 0.15) is 17.2 Å². The summed E-state index contributed by atoms with van der Waals surface area (Å²) in [4.78, 5) is 18.9. The van der Waals surface area contributed by atoms with Gasteiger partial charge in [0.15, 0.2) is 0 Å². The summed E-state index contributed by atoms with van der Waals surface area (Å²) in [5.74, 6) is 0.599. The Balaban J connectivity index is 1.96. The highest BCUT2D eigenvalue weighted by Gasteiger charge is 2.30. The molecule has 2 aromatic rings. The van der Waals surface area contributed by atoms with Gasteiger partial charge in [0.05, 0.1) is 12.3 Å². The quantitative estimate of drug-likeness (QED) is 0.776. The fourth-order valence-corrected chi connectivity index (χ4v) is 3.83. The smallest absolute Gasteiger partial charge is 0.410 e. The van der Waals surface area contributed by atoms with Gasteiger partial charge >= 0.3 is 6.09 Å². The maximum atomic E-state index is 12.6. The van der Waals surface area contributed by atoms with Crippen molar-refractivity contribution in [3.63, 3.8) is 0 Å². The molecule has 1 saturated heterocycles. The number of carbonyl (C=O) groups excluding carboxylic acids is 1. The largest absolute Gasteiger partial charge is 0.507 e. The Kier molecular flexibility index (Phi) is 6.51. The zero-order valence-electron chi connectivity index (χ0n) is 18.1. The first-order chi connectivity index (χ1) is 14.2. The van der Waals surface area contributed by atoms with E-state index in [4.69, 9.17) is 15.2 Å². The van der Waals surface area contributed by atoms with Crippen LogP contribution in [0.1, 0.15) is 50.7 Å². The molecule has 162 valence electrons. The van der Waals surface area contributed by atoms with Crippen LogP contribution in [0.25, 0.3) is 11.3 Å². The molecule has 30 heavy (non-hydrogen) atoms. The van der Waals surface area contributed by atoms with Crippen LogP contribution in [0.15, 0.2) is 30.3 Å². The van der Waals surface area contributed by atoms with Gasteiger partial charge in [-0.1, -0.05) is 12.1 Å². The normalized spacial score (nSPS) is 17.1. The lowest BCUT2D eigenvalue weighted by Crippen LogP contribution is -2.42. The number of methoxy groups -OCH3 is 1. The number of amides is 1. The zero-order valence-corrected chi connectivity index (χ0v) is 18.1. The van der Waals surface area contributed by atoms with E-state index in [1.807, 2.05) is 39.0 Å². The Hall–Kier alpha value is -2.80. The van der Waals surface area contributed by atoms with E-state index in [-0.39, 0.29) is 17.8 Å². The highest BCUT2D eigenvalue weighted by molar-refractivity contribution is 5.71. The number of nitrogens with zero attached hydrogens (tertiary/aromatic N) is 2. The van der Waals surface area contributed by atoms with Gasteiger partial charge in [-0.3, -0.25) is 0 Å². The lowest BCUT2D eigenvalue weighted by atomic mass is 9.87. The van der Waals surface area contributed by atoms with Crippen LogP contribution in [0.5, 0.6) is 5.75 Å². The molecular weight excluding hydrogens is 382 g/mol. The van der Waals surface area contributed by atoms with E-state index in [1.165, 1.54) is 0 Å². The molecule has 3 N–H and O–H groups in total. The number of nitrogen functional groups attached to an aromatic ring is 1. The zero-order chi connectivity index (χ0) is 21.9. The Labute approximate surface area is 177 Å². The molecule has 2 heterocycles. The Morgan fingerprint density at radius 2 is 2.07 bits per heavy atom. The molecule has 7 nitrogen and oxygen atoms in total. The van der Waals surface area contributed by atoms with Gasteiger partial charge < -0.3 is 25.2 Å². The van der Waals surface area contributed by atoms with E-state index in [9.17, 15) is 9.90 Å². The predicted molar refractivity (Wildman–Crippen MR) is 116 cm³/mol. The highest BCUT2D eigenvalue weighted by atomic mass is 16.6. The number of benzene rings is 1. The number of anilines is 1.